The highest BCUT2D eigenvalue weighted by Crippen LogP contribution is 2.30. The number of rotatable bonds is 6. The first kappa shape index (κ1) is 19.2. The van der Waals surface area contributed by atoms with Gasteiger partial charge in [0.1, 0.15) is 5.75 Å². The van der Waals surface area contributed by atoms with Crippen LogP contribution in [0.2, 0.25) is 0 Å². The molecular weight excluding hydrogens is 351 g/mol. The van der Waals surface area contributed by atoms with Crippen molar-refractivity contribution in [3.05, 3.63) is 29.3 Å². The summed E-state index contributed by atoms with van der Waals surface area (Å²) >= 11 is 0. The molecular formula is C14H19BN2O7S. The number of para-hydroxylation sites is 1. The van der Waals surface area contributed by atoms with Gasteiger partial charge in [-0.1, -0.05) is 12.1 Å². The van der Waals surface area contributed by atoms with Gasteiger partial charge in [-0.15, -0.1) is 0 Å². The van der Waals surface area contributed by atoms with Gasteiger partial charge in [-0.05, 0) is 18.1 Å². The molecule has 0 aliphatic carbocycles. The fourth-order valence-electron chi connectivity index (χ4n) is 2.40. The highest BCUT2D eigenvalue weighted by molar-refractivity contribution is 7.89. The molecule has 2 rings (SSSR count). The Kier molecular flexibility index (Phi) is 5.70. The van der Waals surface area contributed by atoms with Crippen molar-refractivity contribution in [1.82, 2.24) is 9.62 Å². The lowest BCUT2D eigenvalue weighted by Gasteiger charge is -2.28. The van der Waals surface area contributed by atoms with Crippen molar-refractivity contribution >= 4 is 29.0 Å². The lowest BCUT2D eigenvalue weighted by atomic mass is 9.72. The Labute approximate surface area is 145 Å². The molecule has 1 amide bonds. The van der Waals surface area contributed by atoms with Crippen molar-refractivity contribution in [3.63, 3.8) is 0 Å². The first-order chi connectivity index (χ1) is 11.6. The van der Waals surface area contributed by atoms with Crippen molar-refractivity contribution < 1.29 is 32.8 Å². The van der Waals surface area contributed by atoms with E-state index in [1.807, 2.05) is 0 Å². The number of sulfonamides is 1. The van der Waals surface area contributed by atoms with Gasteiger partial charge in [0, 0.05) is 20.5 Å². The number of fused-ring (bicyclic) bond motifs is 1. The van der Waals surface area contributed by atoms with Gasteiger partial charge >= 0.3 is 13.1 Å². The molecule has 1 unspecified atom stereocenters. The third kappa shape index (κ3) is 4.50. The fraction of sp³-hybridized carbons (Fsp3) is 0.429. The highest BCUT2D eigenvalue weighted by Gasteiger charge is 2.37. The number of carbonyl (C=O) groups is 2. The minimum atomic E-state index is -3.50. The van der Waals surface area contributed by atoms with Crippen molar-refractivity contribution in [3.8, 4) is 5.75 Å². The van der Waals surface area contributed by atoms with E-state index < -0.39 is 35.0 Å². The second kappa shape index (κ2) is 7.42. The summed E-state index contributed by atoms with van der Waals surface area (Å²) in [6.07, 6.45) is -0.0878. The van der Waals surface area contributed by atoms with Crippen LogP contribution >= 0.6 is 0 Å². The maximum absolute atomic E-state index is 12.0. The molecule has 1 aromatic carbocycles. The zero-order valence-corrected chi connectivity index (χ0v) is 14.6. The van der Waals surface area contributed by atoms with Gasteiger partial charge in [-0.25, -0.2) is 17.5 Å². The van der Waals surface area contributed by atoms with Crippen LogP contribution in [0.1, 0.15) is 22.3 Å². The van der Waals surface area contributed by atoms with Gasteiger partial charge in [0.05, 0.1) is 17.3 Å². The minimum Gasteiger partial charge on any atom is -0.534 e. The third-order valence-corrected chi connectivity index (χ3v) is 5.67. The zero-order chi connectivity index (χ0) is 18.8. The third-order valence-electron chi connectivity index (χ3n) is 3.84. The predicted molar refractivity (Wildman–Crippen MR) is 89.7 cm³/mol. The van der Waals surface area contributed by atoms with Gasteiger partial charge in [-0.3, -0.25) is 4.79 Å². The molecule has 1 aliphatic heterocycles. The second-order valence-corrected chi connectivity index (χ2v) is 8.14. The van der Waals surface area contributed by atoms with Crippen molar-refractivity contribution in [1.29, 1.82) is 0 Å². The molecule has 0 spiro atoms. The number of carbonyl (C=O) groups excluding carboxylic acids is 1. The van der Waals surface area contributed by atoms with E-state index in [1.54, 1.807) is 12.1 Å². The molecule has 0 aromatic heterocycles. The Morgan fingerprint density at radius 2 is 2.08 bits per heavy atom. The van der Waals surface area contributed by atoms with Gasteiger partial charge in [0.15, 0.2) is 0 Å². The van der Waals surface area contributed by atoms with E-state index in [0.29, 0.717) is 5.56 Å². The summed E-state index contributed by atoms with van der Waals surface area (Å²) in [6.45, 7) is 0. The summed E-state index contributed by atoms with van der Waals surface area (Å²) in [5.41, 5.74) is 0.467. The number of carboxylic acid groups (broad SMARTS) is 1. The molecule has 0 saturated carbocycles. The topological polar surface area (TPSA) is 133 Å². The number of nitrogens with one attached hydrogen (secondary N) is 1. The van der Waals surface area contributed by atoms with Crippen LogP contribution in [0.3, 0.4) is 0 Å². The molecule has 1 heterocycles. The second-order valence-electron chi connectivity index (χ2n) is 5.83. The van der Waals surface area contributed by atoms with Gasteiger partial charge < -0.3 is 20.1 Å². The predicted octanol–water partition coefficient (Wildman–Crippen LogP) is -0.894. The maximum atomic E-state index is 12.0. The lowest BCUT2D eigenvalue weighted by molar-refractivity contribution is -0.121. The number of benzene rings is 1. The van der Waals surface area contributed by atoms with E-state index in [1.165, 1.54) is 20.2 Å². The standard InChI is InChI=1S/C14H19BN2O7S/c1-17(2)25(22,23)7-6-12(18)16-11-8-9-4-3-5-10(14(19)20)13(9)24-15(11)21/h3-5,11,21H,6-8H2,1-2H3,(H,16,18)(H,19,20). The molecule has 136 valence electrons. The van der Waals surface area contributed by atoms with E-state index >= 15 is 0 Å². The van der Waals surface area contributed by atoms with Crippen LogP contribution in [0.15, 0.2) is 18.2 Å². The first-order valence-electron chi connectivity index (χ1n) is 7.51. The normalized spacial score (nSPS) is 17.0. The molecule has 0 saturated heterocycles. The Morgan fingerprint density at radius 3 is 2.68 bits per heavy atom. The average molecular weight is 370 g/mol. The van der Waals surface area contributed by atoms with E-state index in [4.69, 9.17) is 9.76 Å². The van der Waals surface area contributed by atoms with Crippen LogP contribution in [0.25, 0.3) is 0 Å². The van der Waals surface area contributed by atoms with Crippen LogP contribution in [0.5, 0.6) is 5.75 Å². The highest BCUT2D eigenvalue weighted by atomic mass is 32.2. The average Bonchev–Trinajstić information content (AvgIpc) is 2.53. The maximum Gasteiger partial charge on any atom is 0.547 e. The summed E-state index contributed by atoms with van der Waals surface area (Å²) in [6, 6.07) is 4.55. The molecule has 11 heteroatoms. The summed E-state index contributed by atoms with van der Waals surface area (Å²) in [4.78, 5) is 23.1. The summed E-state index contributed by atoms with van der Waals surface area (Å²) in [5.74, 6) is -2.81. The van der Waals surface area contributed by atoms with Crippen molar-refractivity contribution in [2.24, 2.45) is 0 Å². The molecule has 1 atom stereocenters. The zero-order valence-electron chi connectivity index (χ0n) is 13.8. The van der Waals surface area contributed by atoms with Crippen LogP contribution in [0.4, 0.5) is 0 Å². The number of aromatic carboxylic acids is 1. The molecule has 3 N–H and O–H groups in total. The fourth-order valence-corrected chi connectivity index (χ4v) is 3.21. The van der Waals surface area contributed by atoms with E-state index in [9.17, 15) is 23.0 Å². The number of amides is 1. The monoisotopic (exact) mass is 370 g/mol. The minimum absolute atomic E-state index is 0.0709. The Balaban J connectivity index is 2.04. The summed E-state index contributed by atoms with van der Waals surface area (Å²) in [5, 5.41) is 21.7. The van der Waals surface area contributed by atoms with E-state index in [2.05, 4.69) is 5.32 Å². The molecule has 0 radical (unpaired) electrons. The van der Waals surface area contributed by atoms with E-state index in [-0.39, 0.29) is 29.9 Å². The van der Waals surface area contributed by atoms with Crippen LogP contribution < -0.4 is 9.97 Å². The first-order valence-corrected chi connectivity index (χ1v) is 9.12. The van der Waals surface area contributed by atoms with Gasteiger partial charge in [-0.2, -0.15) is 0 Å². The van der Waals surface area contributed by atoms with Crippen LogP contribution in [0, 0.1) is 0 Å². The summed E-state index contributed by atoms with van der Waals surface area (Å²) in [7, 11) is -2.17. The Morgan fingerprint density at radius 1 is 1.40 bits per heavy atom. The largest absolute Gasteiger partial charge is 0.547 e. The van der Waals surface area contributed by atoms with Crippen molar-refractivity contribution in [2.45, 2.75) is 18.8 Å². The summed E-state index contributed by atoms with van der Waals surface area (Å²) < 4.78 is 29.6. The molecule has 9 nitrogen and oxygen atoms in total. The molecule has 1 aromatic rings. The molecule has 0 bridgehead atoms. The van der Waals surface area contributed by atoms with Gasteiger partial charge in [0.2, 0.25) is 15.9 Å². The number of hydrogen-bond acceptors (Lipinski definition) is 6. The van der Waals surface area contributed by atoms with Gasteiger partial charge in [0.25, 0.3) is 0 Å². The molecule has 0 fully saturated rings. The smallest absolute Gasteiger partial charge is 0.534 e. The van der Waals surface area contributed by atoms with E-state index in [0.717, 1.165) is 4.31 Å². The number of carboxylic acids is 1. The van der Waals surface area contributed by atoms with Crippen LogP contribution in [-0.4, -0.2) is 67.6 Å². The Bertz CT molecular complexity index is 781. The lowest BCUT2D eigenvalue weighted by Crippen LogP contribution is -2.53. The SMILES string of the molecule is CN(C)S(=O)(=O)CCC(=O)NC1Cc2cccc(C(=O)O)c2OB1O. The molecule has 25 heavy (non-hydrogen) atoms. The van der Waals surface area contributed by atoms with Crippen LogP contribution in [-0.2, 0) is 21.2 Å². The molecule has 1 aliphatic rings. The number of nitrogens with zero attached hydrogens (tertiary/aromatic N) is 1. The van der Waals surface area contributed by atoms with Crippen molar-refractivity contribution in [2.75, 3.05) is 19.8 Å². The number of hydrogen-bond donors (Lipinski definition) is 3. The Hall–Kier alpha value is -2.11. The quantitative estimate of drug-likeness (QED) is 0.553.